The van der Waals surface area contributed by atoms with E-state index in [0.717, 1.165) is 12.0 Å². The third kappa shape index (κ3) is 2.18. The van der Waals surface area contributed by atoms with Crippen molar-refractivity contribution in [2.45, 2.75) is 25.4 Å². The van der Waals surface area contributed by atoms with E-state index in [-0.39, 0.29) is 11.9 Å². The van der Waals surface area contributed by atoms with Crippen molar-refractivity contribution in [3.63, 3.8) is 0 Å². The Labute approximate surface area is 119 Å². The molecule has 2 nitrogen and oxygen atoms in total. The smallest absolute Gasteiger partial charge is 0.123 e. The van der Waals surface area contributed by atoms with Crippen LogP contribution in [0.2, 0.25) is 0 Å². The van der Waals surface area contributed by atoms with Crippen LogP contribution in [0.4, 0.5) is 10.1 Å². The highest BCUT2D eigenvalue weighted by Gasteiger charge is 2.31. The maximum Gasteiger partial charge on any atom is 0.123 e. The summed E-state index contributed by atoms with van der Waals surface area (Å²) in [6.07, 6.45) is 1.02. The van der Waals surface area contributed by atoms with E-state index in [4.69, 9.17) is 5.73 Å². The van der Waals surface area contributed by atoms with Crippen LogP contribution in [0.25, 0.3) is 0 Å². The zero-order chi connectivity index (χ0) is 14.1. The zero-order valence-corrected chi connectivity index (χ0v) is 11.6. The van der Waals surface area contributed by atoms with E-state index in [2.05, 4.69) is 30.0 Å². The Morgan fingerprint density at radius 1 is 1.25 bits per heavy atom. The van der Waals surface area contributed by atoms with Gasteiger partial charge in [0.15, 0.2) is 0 Å². The van der Waals surface area contributed by atoms with Gasteiger partial charge in [0, 0.05) is 18.3 Å². The number of nitrogens with two attached hydrogens (primary N) is 1. The summed E-state index contributed by atoms with van der Waals surface area (Å²) in [4.78, 5) is 2.32. The first-order valence-corrected chi connectivity index (χ1v) is 7.02. The number of hydrogen-bond acceptors (Lipinski definition) is 2. The first-order valence-electron chi connectivity index (χ1n) is 7.02. The van der Waals surface area contributed by atoms with Gasteiger partial charge in [-0.1, -0.05) is 30.3 Å². The molecule has 2 atom stereocenters. The minimum absolute atomic E-state index is 0.0179. The van der Waals surface area contributed by atoms with Gasteiger partial charge in [0.25, 0.3) is 0 Å². The van der Waals surface area contributed by atoms with Crippen molar-refractivity contribution in [1.29, 1.82) is 0 Å². The molecule has 0 saturated heterocycles. The quantitative estimate of drug-likeness (QED) is 0.927. The van der Waals surface area contributed by atoms with Gasteiger partial charge in [0.05, 0.1) is 6.04 Å². The highest BCUT2D eigenvalue weighted by Crippen LogP contribution is 2.38. The van der Waals surface area contributed by atoms with E-state index >= 15 is 0 Å². The van der Waals surface area contributed by atoms with Gasteiger partial charge in [0.1, 0.15) is 5.82 Å². The lowest BCUT2D eigenvalue weighted by Crippen LogP contribution is -2.37. The molecule has 2 aromatic rings. The number of fused-ring (bicyclic) bond motifs is 1. The number of benzene rings is 2. The zero-order valence-electron chi connectivity index (χ0n) is 11.6. The Bertz CT molecular complexity index is 611. The molecule has 0 spiro atoms. The van der Waals surface area contributed by atoms with Crippen LogP contribution in [0.5, 0.6) is 0 Å². The molecule has 0 amide bonds. The maximum absolute atomic E-state index is 13.5. The van der Waals surface area contributed by atoms with Gasteiger partial charge in [-0.25, -0.2) is 4.39 Å². The molecule has 2 aromatic carbocycles. The van der Waals surface area contributed by atoms with Crippen molar-refractivity contribution in [2.24, 2.45) is 5.73 Å². The summed E-state index contributed by atoms with van der Waals surface area (Å²) in [5.41, 5.74) is 9.50. The number of anilines is 1. The normalized spacial score (nSPS) is 18.9. The van der Waals surface area contributed by atoms with E-state index in [9.17, 15) is 4.39 Å². The Balaban J connectivity index is 2.02. The number of halogens is 1. The Morgan fingerprint density at radius 2 is 2.05 bits per heavy atom. The lowest BCUT2D eigenvalue weighted by Gasteiger charge is -2.34. The number of para-hydroxylation sites is 1. The molecule has 0 aliphatic carbocycles. The summed E-state index contributed by atoms with van der Waals surface area (Å²) in [7, 11) is 0. The van der Waals surface area contributed by atoms with Crippen LogP contribution in [0.1, 0.15) is 24.1 Å². The lowest BCUT2D eigenvalue weighted by molar-refractivity contribution is 0.562. The van der Waals surface area contributed by atoms with Crippen LogP contribution in [-0.2, 0) is 6.42 Å². The van der Waals surface area contributed by atoms with E-state index < -0.39 is 0 Å². The highest BCUT2D eigenvalue weighted by atomic mass is 19.1. The molecule has 2 unspecified atom stereocenters. The molecule has 0 aromatic heterocycles. The second kappa shape index (κ2) is 5.25. The van der Waals surface area contributed by atoms with E-state index in [1.54, 1.807) is 12.1 Å². The molecule has 1 aliphatic rings. The number of rotatable bonds is 3. The molecule has 0 fully saturated rings. The van der Waals surface area contributed by atoms with Crippen LogP contribution in [0.3, 0.4) is 0 Å². The molecule has 104 valence electrons. The SMILES string of the molecule is CC1Cc2ccccc2N1C(CN)c1cccc(F)c1. The van der Waals surface area contributed by atoms with Gasteiger partial charge in [-0.15, -0.1) is 0 Å². The molecule has 3 rings (SSSR count). The lowest BCUT2D eigenvalue weighted by atomic mass is 10.0. The van der Waals surface area contributed by atoms with Gasteiger partial charge < -0.3 is 10.6 Å². The summed E-state index contributed by atoms with van der Waals surface area (Å²) in [6.45, 7) is 2.67. The monoisotopic (exact) mass is 270 g/mol. The van der Waals surface area contributed by atoms with Gasteiger partial charge in [0.2, 0.25) is 0 Å². The maximum atomic E-state index is 13.5. The van der Waals surface area contributed by atoms with E-state index in [1.165, 1.54) is 17.3 Å². The van der Waals surface area contributed by atoms with Crippen molar-refractivity contribution in [3.05, 3.63) is 65.5 Å². The topological polar surface area (TPSA) is 29.3 Å². The van der Waals surface area contributed by atoms with Crippen LogP contribution in [0, 0.1) is 5.82 Å². The van der Waals surface area contributed by atoms with E-state index in [1.807, 2.05) is 12.1 Å². The predicted molar refractivity (Wildman–Crippen MR) is 80.3 cm³/mol. The van der Waals surface area contributed by atoms with Crippen LogP contribution < -0.4 is 10.6 Å². The molecule has 0 bridgehead atoms. The number of nitrogens with zero attached hydrogens (tertiary/aromatic N) is 1. The molecule has 20 heavy (non-hydrogen) atoms. The largest absolute Gasteiger partial charge is 0.360 e. The molecule has 0 radical (unpaired) electrons. The second-order valence-corrected chi connectivity index (χ2v) is 5.40. The summed E-state index contributed by atoms with van der Waals surface area (Å²) in [5.74, 6) is -0.207. The molecule has 1 aliphatic heterocycles. The van der Waals surface area contributed by atoms with Crippen molar-refractivity contribution in [3.8, 4) is 0 Å². The predicted octanol–water partition coefficient (Wildman–Crippen LogP) is 3.28. The minimum atomic E-state index is -0.207. The van der Waals surface area contributed by atoms with Crippen molar-refractivity contribution in [1.82, 2.24) is 0 Å². The fraction of sp³-hybridized carbons (Fsp3) is 0.294. The first kappa shape index (κ1) is 13.1. The third-order valence-corrected chi connectivity index (χ3v) is 4.05. The van der Waals surface area contributed by atoms with Gasteiger partial charge in [-0.05, 0) is 42.7 Å². The average molecular weight is 270 g/mol. The fourth-order valence-electron chi connectivity index (χ4n) is 3.19. The Kier molecular flexibility index (Phi) is 3.45. The van der Waals surface area contributed by atoms with Gasteiger partial charge >= 0.3 is 0 Å². The van der Waals surface area contributed by atoms with Crippen molar-refractivity contribution >= 4 is 5.69 Å². The average Bonchev–Trinajstić information content (AvgIpc) is 2.77. The Hall–Kier alpha value is -1.87. The molecule has 0 saturated carbocycles. The second-order valence-electron chi connectivity index (χ2n) is 5.40. The summed E-state index contributed by atoms with van der Waals surface area (Å²) < 4.78 is 13.5. The van der Waals surface area contributed by atoms with Crippen LogP contribution in [-0.4, -0.2) is 12.6 Å². The van der Waals surface area contributed by atoms with Crippen LogP contribution >= 0.6 is 0 Å². The molecule has 2 N–H and O–H groups in total. The fourth-order valence-corrected chi connectivity index (χ4v) is 3.19. The molecular weight excluding hydrogens is 251 g/mol. The molecule has 1 heterocycles. The minimum Gasteiger partial charge on any atom is -0.360 e. The van der Waals surface area contributed by atoms with Gasteiger partial charge in [-0.3, -0.25) is 0 Å². The van der Waals surface area contributed by atoms with Crippen LogP contribution in [0.15, 0.2) is 48.5 Å². The summed E-state index contributed by atoms with van der Waals surface area (Å²) in [5, 5.41) is 0. The highest BCUT2D eigenvalue weighted by molar-refractivity contribution is 5.61. The number of hydrogen-bond donors (Lipinski definition) is 1. The van der Waals surface area contributed by atoms with Gasteiger partial charge in [-0.2, -0.15) is 0 Å². The molecule has 3 heteroatoms. The first-order chi connectivity index (χ1) is 9.70. The van der Waals surface area contributed by atoms with Crippen molar-refractivity contribution < 1.29 is 4.39 Å². The van der Waals surface area contributed by atoms with Crippen molar-refractivity contribution in [2.75, 3.05) is 11.4 Å². The standard InChI is InChI=1S/C17H19FN2/c1-12-9-13-5-2-3-8-16(13)20(12)17(11-19)14-6-4-7-15(18)10-14/h2-8,10,12,17H,9,11,19H2,1H3. The Morgan fingerprint density at radius 3 is 2.80 bits per heavy atom. The summed E-state index contributed by atoms with van der Waals surface area (Å²) in [6, 6.07) is 15.6. The van der Waals surface area contributed by atoms with E-state index in [0.29, 0.717) is 12.6 Å². The third-order valence-electron chi connectivity index (χ3n) is 4.05. The molecular formula is C17H19FN2. The summed E-state index contributed by atoms with van der Waals surface area (Å²) >= 11 is 0.